The number of nitrogens with one attached hydrogen (secondary N) is 2. The molecule has 0 atom stereocenters. The lowest BCUT2D eigenvalue weighted by molar-refractivity contribution is 0.687. The zero-order chi connectivity index (χ0) is 10.9. The number of nitrogens with zero attached hydrogens (tertiary/aromatic N) is 3. The van der Waals surface area contributed by atoms with Crippen LogP contribution in [-0.2, 0) is 0 Å². The number of anilines is 1. The van der Waals surface area contributed by atoms with Gasteiger partial charge < -0.3 is 10.6 Å². The largest absolute Gasteiger partial charge is 0.354 e. The van der Waals surface area contributed by atoms with E-state index in [4.69, 9.17) is 5.26 Å². The van der Waals surface area contributed by atoms with Gasteiger partial charge in [-0.3, -0.25) is 0 Å². The van der Waals surface area contributed by atoms with Crippen molar-refractivity contribution in [2.45, 2.75) is 13.3 Å². The molecule has 0 saturated carbocycles. The molecule has 0 fully saturated rings. The smallest absolute Gasteiger partial charge is 0.223 e. The van der Waals surface area contributed by atoms with Crippen LogP contribution in [0.5, 0.6) is 0 Å². The van der Waals surface area contributed by atoms with Crippen LogP contribution in [0.2, 0.25) is 0 Å². The van der Waals surface area contributed by atoms with Crippen LogP contribution in [0.1, 0.15) is 19.0 Å². The summed E-state index contributed by atoms with van der Waals surface area (Å²) in [6, 6.07) is 3.56. The van der Waals surface area contributed by atoms with Crippen LogP contribution in [0.15, 0.2) is 12.3 Å². The van der Waals surface area contributed by atoms with Gasteiger partial charge in [0.25, 0.3) is 0 Å². The van der Waals surface area contributed by atoms with Gasteiger partial charge in [0.1, 0.15) is 11.8 Å². The van der Waals surface area contributed by atoms with E-state index in [9.17, 15) is 0 Å². The highest BCUT2D eigenvalue weighted by Gasteiger charge is 1.96. The molecule has 1 heterocycles. The van der Waals surface area contributed by atoms with Crippen molar-refractivity contribution < 1.29 is 0 Å². The number of aromatic nitrogens is 2. The van der Waals surface area contributed by atoms with Crippen LogP contribution in [0.4, 0.5) is 5.95 Å². The van der Waals surface area contributed by atoms with Gasteiger partial charge in [0.05, 0.1) is 0 Å². The second-order valence-corrected chi connectivity index (χ2v) is 3.01. The van der Waals surface area contributed by atoms with Crippen LogP contribution in [0.25, 0.3) is 0 Å². The number of nitriles is 1. The van der Waals surface area contributed by atoms with Crippen molar-refractivity contribution in [3.8, 4) is 6.07 Å². The molecule has 80 valence electrons. The fraction of sp³-hybridized carbons (Fsp3) is 0.500. The molecule has 0 spiro atoms. The molecule has 0 aliphatic carbocycles. The van der Waals surface area contributed by atoms with Gasteiger partial charge in [-0.1, -0.05) is 6.92 Å². The standard InChI is InChI=1S/C10H15N5/c1-2-12-5-3-6-13-10-14-7-4-9(8-11)15-10/h4,7,12H,2-3,5-6H2,1H3,(H,13,14,15). The Labute approximate surface area is 89.6 Å². The summed E-state index contributed by atoms with van der Waals surface area (Å²) in [6.45, 7) is 4.84. The zero-order valence-corrected chi connectivity index (χ0v) is 8.82. The summed E-state index contributed by atoms with van der Waals surface area (Å²) in [4.78, 5) is 8.02. The average molecular weight is 205 g/mol. The van der Waals surface area contributed by atoms with Gasteiger partial charge in [0, 0.05) is 12.7 Å². The van der Waals surface area contributed by atoms with Crippen LogP contribution in [0, 0.1) is 11.3 Å². The molecule has 0 saturated heterocycles. The first-order chi connectivity index (χ1) is 7.36. The summed E-state index contributed by atoms with van der Waals surface area (Å²) < 4.78 is 0. The van der Waals surface area contributed by atoms with E-state index >= 15 is 0 Å². The van der Waals surface area contributed by atoms with Crippen molar-refractivity contribution in [3.05, 3.63) is 18.0 Å². The van der Waals surface area contributed by atoms with E-state index in [2.05, 4.69) is 27.5 Å². The molecule has 2 N–H and O–H groups in total. The third-order valence-corrected chi connectivity index (χ3v) is 1.83. The summed E-state index contributed by atoms with van der Waals surface area (Å²) in [5.41, 5.74) is 0.388. The van der Waals surface area contributed by atoms with Crippen molar-refractivity contribution >= 4 is 5.95 Å². The fourth-order valence-corrected chi connectivity index (χ4v) is 1.10. The summed E-state index contributed by atoms with van der Waals surface area (Å²) in [5.74, 6) is 0.519. The van der Waals surface area contributed by atoms with Gasteiger partial charge in [0.15, 0.2) is 0 Å². The zero-order valence-electron chi connectivity index (χ0n) is 8.82. The highest BCUT2D eigenvalue weighted by atomic mass is 15.1. The predicted octanol–water partition coefficient (Wildman–Crippen LogP) is 0.760. The highest BCUT2D eigenvalue weighted by Crippen LogP contribution is 1.98. The molecule has 0 aromatic carbocycles. The maximum absolute atomic E-state index is 8.63. The Morgan fingerprint density at radius 2 is 2.33 bits per heavy atom. The minimum Gasteiger partial charge on any atom is -0.354 e. The normalized spacial score (nSPS) is 9.60. The Morgan fingerprint density at radius 3 is 3.07 bits per heavy atom. The average Bonchev–Trinajstić information content (AvgIpc) is 2.29. The number of rotatable bonds is 6. The summed E-state index contributed by atoms with van der Waals surface area (Å²) in [7, 11) is 0. The predicted molar refractivity (Wildman–Crippen MR) is 58.4 cm³/mol. The van der Waals surface area contributed by atoms with Crippen LogP contribution in [-0.4, -0.2) is 29.6 Å². The highest BCUT2D eigenvalue weighted by molar-refractivity contribution is 5.29. The molecular formula is C10H15N5. The molecule has 5 heteroatoms. The Bertz CT molecular complexity index is 331. The van der Waals surface area contributed by atoms with E-state index in [1.807, 2.05) is 6.07 Å². The van der Waals surface area contributed by atoms with E-state index in [0.29, 0.717) is 11.6 Å². The molecule has 1 aromatic heterocycles. The van der Waals surface area contributed by atoms with Gasteiger partial charge >= 0.3 is 0 Å². The van der Waals surface area contributed by atoms with Crippen LogP contribution < -0.4 is 10.6 Å². The van der Waals surface area contributed by atoms with Gasteiger partial charge in [-0.2, -0.15) is 5.26 Å². The molecule has 0 unspecified atom stereocenters. The first kappa shape index (κ1) is 11.4. The third kappa shape index (κ3) is 4.38. The van der Waals surface area contributed by atoms with Gasteiger partial charge in [0.2, 0.25) is 5.95 Å². The lowest BCUT2D eigenvalue weighted by Gasteiger charge is -2.04. The Balaban J connectivity index is 2.28. The molecule has 1 rings (SSSR count). The van der Waals surface area contributed by atoms with Crippen LogP contribution in [0.3, 0.4) is 0 Å². The van der Waals surface area contributed by atoms with Crippen molar-refractivity contribution in [2.24, 2.45) is 0 Å². The maximum atomic E-state index is 8.63. The molecule has 5 nitrogen and oxygen atoms in total. The molecule has 1 aromatic rings. The first-order valence-electron chi connectivity index (χ1n) is 5.04. The quantitative estimate of drug-likeness (QED) is 0.671. The molecule has 0 aliphatic heterocycles. The summed E-state index contributed by atoms with van der Waals surface area (Å²) in [6.07, 6.45) is 2.59. The maximum Gasteiger partial charge on any atom is 0.223 e. The molecule has 0 amide bonds. The Morgan fingerprint density at radius 1 is 1.47 bits per heavy atom. The molecular weight excluding hydrogens is 190 g/mol. The molecule has 0 aliphatic rings. The van der Waals surface area contributed by atoms with E-state index in [-0.39, 0.29) is 0 Å². The van der Waals surface area contributed by atoms with Crippen molar-refractivity contribution in [3.63, 3.8) is 0 Å². The van der Waals surface area contributed by atoms with Crippen molar-refractivity contribution in [2.75, 3.05) is 25.0 Å². The molecule has 0 bridgehead atoms. The fourth-order valence-electron chi connectivity index (χ4n) is 1.10. The van der Waals surface area contributed by atoms with Gasteiger partial charge in [-0.15, -0.1) is 0 Å². The monoisotopic (exact) mass is 205 g/mol. The topological polar surface area (TPSA) is 73.6 Å². The first-order valence-corrected chi connectivity index (χ1v) is 5.04. The summed E-state index contributed by atoms with van der Waals surface area (Å²) in [5, 5.41) is 14.9. The second kappa shape index (κ2) is 6.74. The van der Waals surface area contributed by atoms with Crippen LogP contribution >= 0.6 is 0 Å². The van der Waals surface area contributed by atoms with Crippen molar-refractivity contribution in [1.82, 2.24) is 15.3 Å². The van der Waals surface area contributed by atoms with E-state index < -0.39 is 0 Å². The van der Waals surface area contributed by atoms with Crippen molar-refractivity contribution in [1.29, 1.82) is 5.26 Å². The molecule has 0 radical (unpaired) electrons. The minimum atomic E-state index is 0.388. The third-order valence-electron chi connectivity index (χ3n) is 1.83. The van der Waals surface area contributed by atoms with Gasteiger partial charge in [-0.05, 0) is 25.6 Å². The van der Waals surface area contributed by atoms with Gasteiger partial charge in [-0.25, -0.2) is 9.97 Å². The lowest BCUT2D eigenvalue weighted by Crippen LogP contribution is -2.17. The Hall–Kier alpha value is -1.67. The molecule has 15 heavy (non-hydrogen) atoms. The second-order valence-electron chi connectivity index (χ2n) is 3.01. The Kier molecular flexibility index (Phi) is 5.12. The van der Waals surface area contributed by atoms with E-state index in [1.54, 1.807) is 12.3 Å². The van der Waals surface area contributed by atoms with E-state index in [0.717, 1.165) is 26.1 Å². The number of hydrogen-bond donors (Lipinski definition) is 2. The lowest BCUT2D eigenvalue weighted by atomic mass is 10.4. The van der Waals surface area contributed by atoms with E-state index in [1.165, 1.54) is 0 Å². The summed E-state index contributed by atoms with van der Waals surface area (Å²) >= 11 is 0. The minimum absolute atomic E-state index is 0.388. The number of hydrogen-bond acceptors (Lipinski definition) is 5. The SMILES string of the molecule is CCNCCCNc1nccc(C#N)n1.